The lowest BCUT2D eigenvalue weighted by molar-refractivity contribution is 0.0929. The maximum atomic E-state index is 12.7. The van der Waals surface area contributed by atoms with E-state index < -0.39 is 0 Å². The zero-order chi connectivity index (χ0) is 18.8. The average Bonchev–Trinajstić information content (AvgIpc) is 3.12. The lowest BCUT2D eigenvalue weighted by Gasteiger charge is -2.27. The molecule has 8 heteroatoms. The zero-order valence-corrected chi connectivity index (χ0v) is 15.3. The number of amides is 1. The highest BCUT2D eigenvalue weighted by Crippen LogP contribution is 2.20. The van der Waals surface area contributed by atoms with Gasteiger partial charge in [-0.3, -0.25) is 4.79 Å². The molecule has 1 fully saturated rings. The number of rotatable bonds is 4. The standard InChI is InChI=1S/C19H21N5O3/c1-12-11-15(23-19(20-12)24-7-9-26-10-8-24)17(25)21-13(2)18-22-14-5-3-4-6-16(14)27-18/h3-6,11,13H,7-10H2,1-2H3,(H,21,25). The Bertz CT molecular complexity index is 932. The van der Waals surface area contributed by atoms with Gasteiger partial charge in [0.05, 0.1) is 13.2 Å². The zero-order valence-electron chi connectivity index (χ0n) is 15.3. The summed E-state index contributed by atoms with van der Waals surface area (Å²) in [6.45, 7) is 6.38. The molecule has 1 unspecified atom stereocenters. The second-order valence-electron chi connectivity index (χ2n) is 6.51. The summed E-state index contributed by atoms with van der Waals surface area (Å²) in [5.41, 5.74) is 2.53. The molecule has 1 saturated heterocycles. The fourth-order valence-electron chi connectivity index (χ4n) is 2.98. The number of ether oxygens (including phenoxy) is 1. The Balaban J connectivity index is 1.52. The van der Waals surface area contributed by atoms with Crippen LogP contribution in [0.1, 0.15) is 35.0 Å². The minimum atomic E-state index is -0.382. The summed E-state index contributed by atoms with van der Waals surface area (Å²) in [7, 11) is 0. The van der Waals surface area contributed by atoms with Crippen LogP contribution in [0.25, 0.3) is 11.1 Å². The number of hydrogen-bond acceptors (Lipinski definition) is 7. The van der Waals surface area contributed by atoms with Gasteiger partial charge in [-0.05, 0) is 32.0 Å². The molecule has 3 aromatic rings. The highest BCUT2D eigenvalue weighted by atomic mass is 16.5. The predicted octanol–water partition coefficient (Wildman–Crippen LogP) is 2.25. The van der Waals surface area contributed by atoms with Gasteiger partial charge in [0.25, 0.3) is 5.91 Å². The Labute approximate surface area is 156 Å². The Morgan fingerprint density at radius 3 is 2.74 bits per heavy atom. The van der Waals surface area contributed by atoms with Crippen LogP contribution in [-0.4, -0.2) is 47.2 Å². The van der Waals surface area contributed by atoms with Crippen molar-refractivity contribution in [1.82, 2.24) is 20.3 Å². The van der Waals surface area contributed by atoms with Gasteiger partial charge in [-0.25, -0.2) is 15.0 Å². The van der Waals surface area contributed by atoms with Gasteiger partial charge in [0.1, 0.15) is 17.3 Å². The molecule has 0 bridgehead atoms. The smallest absolute Gasteiger partial charge is 0.270 e. The van der Waals surface area contributed by atoms with E-state index in [4.69, 9.17) is 9.15 Å². The first kappa shape index (κ1) is 17.4. The molecule has 1 amide bonds. The number of oxazole rings is 1. The third kappa shape index (κ3) is 3.75. The fraction of sp³-hybridized carbons (Fsp3) is 0.368. The molecule has 0 saturated carbocycles. The van der Waals surface area contributed by atoms with Gasteiger partial charge in [0.15, 0.2) is 5.58 Å². The molecule has 1 aliphatic heterocycles. The molecule has 8 nitrogen and oxygen atoms in total. The van der Waals surface area contributed by atoms with Crippen LogP contribution in [0, 0.1) is 6.92 Å². The summed E-state index contributed by atoms with van der Waals surface area (Å²) < 4.78 is 11.1. The van der Waals surface area contributed by atoms with Crippen LogP contribution in [0.4, 0.5) is 5.95 Å². The van der Waals surface area contributed by atoms with Crippen LogP contribution >= 0.6 is 0 Å². The lowest BCUT2D eigenvalue weighted by atomic mass is 10.2. The predicted molar refractivity (Wildman–Crippen MR) is 99.7 cm³/mol. The highest BCUT2D eigenvalue weighted by Gasteiger charge is 2.20. The molecule has 3 heterocycles. The van der Waals surface area contributed by atoms with Crippen LogP contribution in [0.3, 0.4) is 0 Å². The van der Waals surface area contributed by atoms with E-state index in [1.165, 1.54) is 0 Å². The normalized spacial score (nSPS) is 15.7. The first-order chi connectivity index (χ1) is 13.1. The summed E-state index contributed by atoms with van der Waals surface area (Å²) >= 11 is 0. The van der Waals surface area contributed by atoms with Crippen LogP contribution in [0.5, 0.6) is 0 Å². The Morgan fingerprint density at radius 1 is 1.19 bits per heavy atom. The number of carbonyl (C=O) groups is 1. The molecule has 2 aromatic heterocycles. The van der Waals surface area contributed by atoms with Crippen molar-refractivity contribution in [2.45, 2.75) is 19.9 Å². The van der Waals surface area contributed by atoms with Crippen molar-refractivity contribution in [3.63, 3.8) is 0 Å². The molecule has 0 spiro atoms. The van der Waals surface area contributed by atoms with E-state index in [1.807, 2.05) is 43.0 Å². The number of fused-ring (bicyclic) bond motifs is 1. The molecular weight excluding hydrogens is 346 g/mol. The SMILES string of the molecule is Cc1cc(C(=O)NC(C)c2nc3ccccc3o2)nc(N2CCOCC2)n1. The van der Waals surface area contributed by atoms with Gasteiger partial charge in [-0.2, -0.15) is 0 Å². The summed E-state index contributed by atoms with van der Waals surface area (Å²) in [5, 5.41) is 2.90. The molecule has 1 atom stereocenters. The maximum absolute atomic E-state index is 12.7. The monoisotopic (exact) mass is 367 g/mol. The van der Waals surface area contributed by atoms with Gasteiger partial charge < -0.3 is 19.4 Å². The third-order valence-corrected chi connectivity index (χ3v) is 4.40. The average molecular weight is 367 g/mol. The van der Waals surface area contributed by atoms with E-state index in [9.17, 15) is 4.79 Å². The Kier molecular flexibility index (Phi) is 4.72. The molecule has 27 heavy (non-hydrogen) atoms. The fourth-order valence-corrected chi connectivity index (χ4v) is 2.98. The second kappa shape index (κ2) is 7.32. The number of hydrogen-bond donors (Lipinski definition) is 1. The third-order valence-electron chi connectivity index (χ3n) is 4.40. The van der Waals surface area contributed by atoms with E-state index >= 15 is 0 Å². The van der Waals surface area contributed by atoms with Gasteiger partial charge in [0.2, 0.25) is 11.8 Å². The van der Waals surface area contributed by atoms with Gasteiger partial charge in [-0.15, -0.1) is 0 Å². The van der Waals surface area contributed by atoms with Crippen molar-refractivity contribution in [3.05, 3.63) is 47.6 Å². The van der Waals surface area contributed by atoms with Crippen LogP contribution < -0.4 is 10.2 Å². The van der Waals surface area contributed by atoms with E-state index in [0.717, 1.165) is 11.2 Å². The van der Waals surface area contributed by atoms with E-state index in [1.54, 1.807) is 6.07 Å². The highest BCUT2D eigenvalue weighted by molar-refractivity contribution is 5.92. The van der Waals surface area contributed by atoms with Crippen molar-refractivity contribution in [2.24, 2.45) is 0 Å². The Hall–Kier alpha value is -3.00. The quantitative estimate of drug-likeness (QED) is 0.756. The molecule has 1 aromatic carbocycles. The summed E-state index contributed by atoms with van der Waals surface area (Å²) in [6.07, 6.45) is 0. The lowest BCUT2D eigenvalue weighted by Crippen LogP contribution is -2.38. The van der Waals surface area contributed by atoms with Gasteiger partial charge in [-0.1, -0.05) is 12.1 Å². The number of para-hydroxylation sites is 2. The molecule has 0 aliphatic carbocycles. The minimum absolute atomic E-state index is 0.287. The first-order valence-electron chi connectivity index (χ1n) is 8.95. The molecule has 4 rings (SSSR count). The van der Waals surface area contributed by atoms with Crippen LogP contribution in [0.15, 0.2) is 34.7 Å². The number of benzene rings is 1. The number of anilines is 1. The molecule has 140 valence electrons. The van der Waals surface area contributed by atoms with Crippen LogP contribution in [0.2, 0.25) is 0 Å². The summed E-state index contributed by atoms with van der Waals surface area (Å²) in [6, 6.07) is 8.80. The largest absolute Gasteiger partial charge is 0.438 e. The number of aromatic nitrogens is 3. The maximum Gasteiger partial charge on any atom is 0.270 e. The molecular formula is C19H21N5O3. The van der Waals surface area contributed by atoms with Crippen molar-refractivity contribution in [2.75, 3.05) is 31.2 Å². The number of nitrogens with one attached hydrogen (secondary N) is 1. The molecule has 1 aliphatic rings. The Morgan fingerprint density at radius 2 is 1.96 bits per heavy atom. The van der Waals surface area contributed by atoms with Crippen molar-refractivity contribution >= 4 is 23.0 Å². The van der Waals surface area contributed by atoms with Gasteiger partial charge >= 0.3 is 0 Å². The van der Waals surface area contributed by atoms with Crippen molar-refractivity contribution in [3.8, 4) is 0 Å². The van der Waals surface area contributed by atoms with E-state index in [2.05, 4.69) is 20.3 Å². The van der Waals surface area contributed by atoms with Gasteiger partial charge in [0, 0.05) is 18.8 Å². The van der Waals surface area contributed by atoms with E-state index in [0.29, 0.717) is 49.4 Å². The van der Waals surface area contributed by atoms with Crippen molar-refractivity contribution < 1.29 is 13.9 Å². The number of carbonyl (C=O) groups excluding carboxylic acids is 1. The van der Waals surface area contributed by atoms with Crippen LogP contribution in [-0.2, 0) is 4.74 Å². The van der Waals surface area contributed by atoms with Crippen molar-refractivity contribution in [1.29, 1.82) is 0 Å². The summed E-state index contributed by atoms with van der Waals surface area (Å²) in [4.78, 5) is 28.1. The van der Waals surface area contributed by atoms with E-state index in [-0.39, 0.29) is 11.9 Å². The molecule has 1 N–H and O–H groups in total. The number of morpholine rings is 1. The minimum Gasteiger partial charge on any atom is -0.438 e. The molecule has 0 radical (unpaired) electrons. The first-order valence-corrected chi connectivity index (χ1v) is 8.95. The topological polar surface area (TPSA) is 93.4 Å². The number of aryl methyl sites for hydroxylation is 1. The second-order valence-corrected chi connectivity index (χ2v) is 6.51. The number of nitrogens with zero attached hydrogens (tertiary/aromatic N) is 4. The summed E-state index contributed by atoms with van der Waals surface area (Å²) in [5.74, 6) is 0.728.